The lowest BCUT2D eigenvalue weighted by atomic mass is 10.1. The van der Waals surface area contributed by atoms with Crippen molar-refractivity contribution in [2.24, 2.45) is 27.9 Å². The van der Waals surface area contributed by atoms with Crippen LogP contribution in [0, 0.1) is 0 Å². The lowest BCUT2D eigenvalue weighted by molar-refractivity contribution is -0.138. The van der Waals surface area contributed by atoms with Crippen LogP contribution in [0.5, 0.6) is 0 Å². The van der Waals surface area contributed by atoms with Gasteiger partial charge in [0.15, 0.2) is 5.96 Å². The largest absolute Gasteiger partial charge is 0.480 e. The van der Waals surface area contributed by atoms with Crippen LogP contribution in [0.1, 0.15) is 25.7 Å². The van der Waals surface area contributed by atoms with Gasteiger partial charge in [-0.05, 0) is 19.3 Å². The molecule has 0 aliphatic rings. The Hall–Kier alpha value is -3.42. The number of primary amides is 1. The molecule has 0 aromatic carbocycles. The van der Waals surface area contributed by atoms with Gasteiger partial charge in [-0.25, -0.2) is 0 Å². The van der Waals surface area contributed by atoms with E-state index in [1.165, 1.54) is 0 Å². The van der Waals surface area contributed by atoms with Gasteiger partial charge in [0.2, 0.25) is 23.6 Å². The van der Waals surface area contributed by atoms with E-state index in [1.54, 1.807) is 0 Å². The average molecular weight is 416 g/mol. The van der Waals surface area contributed by atoms with E-state index in [4.69, 9.17) is 28.0 Å². The molecule has 0 fully saturated rings. The van der Waals surface area contributed by atoms with Crippen LogP contribution in [0.2, 0.25) is 0 Å². The fourth-order valence-corrected chi connectivity index (χ4v) is 2.01. The number of amides is 4. The van der Waals surface area contributed by atoms with E-state index < -0.39 is 54.8 Å². The van der Waals surface area contributed by atoms with Crippen molar-refractivity contribution >= 4 is 35.6 Å². The third-order valence-electron chi connectivity index (χ3n) is 3.48. The highest BCUT2D eigenvalue weighted by atomic mass is 16.4. The number of nitrogens with one attached hydrogen (secondary N) is 3. The van der Waals surface area contributed by atoms with Gasteiger partial charge in [0.1, 0.15) is 12.6 Å². The molecule has 4 amide bonds. The van der Waals surface area contributed by atoms with Crippen LogP contribution in [-0.2, 0) is 24.0 Å². The van der Waals surface area contributed by atoms with Gasteiger partial charge in [-0.3, -0.25) is 29.0 Å². The van der Waals surface area contributed by atoms with Gasteiger partial charge < -0.3 is 44.0 Å². The van der Waals surface area contributed by atoms with Gasteiger partial charge in [-0.1, -0.05) is 0 Å². The summed E-state index contributed by atoms with van der Waals surface area (Å²) in [6, 6.07) is -2.11. The number of carbonyl (C=O) groups excluding carboxylic acids is 4. The summed E-state index contributed by atoms with van der Waals surface area (Å²) in [5.74, 6) is -4.15. The molecule has 164 valence electrons. The van der Waals surface area contributed by atoms with Crippen molar-refractivity contribution < 1.29 is 29.1 Å². The summed E-state index contributed by atoms with van der Waals surface area (Å²) in [6.07, 6.45) is 0.367. The van der Waals surface area contributed by atoms with Crippen LogP contribution in [-0.4, -0.2) is 72.4 Å². The summed E-state index contributed by atoms with van der Waals surface area (Å²) < 4.78 is 0. The zero-order chi connectivity index (χ0) is 22.4. The van der Waals surface area contributed by atoms with E-state index in [2.05, 4.69) is 20.9 Å². The van der Waals surface area contributed by atoms with Crippen molar-refractivity contribution in [3.8, 4) is 0 Å². The van der Waals surface area contributed by atoms with Gasteiger partial charge in [0.05, 0.1) is 12.6 Å². The molecule has 0 spiro atoms. The molecule has 0 rings (SSSR count). The molecule has 0 aliphatic heterocycles. The molecular weight excluding hydrogens is 388 g/mol. The summed E-state index contributed by atoms with van der Waals surface area (Å²) in [4.78, 5) is 61.0. The molecule has 2 unspecified atom stereocenters. The van der Waals surface area contributed by atoms with E-state index >= 15 is 0 Å². The molecule has 12 N–H and O–H groups in total. The number of aliphatic imine (C=N–C) groups is 1. The Morgan fingerprint density at radius 2 is 1.59 bits per heavy atom. The van der Waals surface area contributed by atoms with Crippen LogP contribution in [0.3, 0.4) is 0 Å². The number of nitrogens with two attached hydrogens (primary N) is 4. The van der Waals surface area contributed by atoms with Crippen LogP contribution in [0.4, 0.5) is 0 Å². The maximum Gasteiger partial charge on any atom is 0.322 e. The van der Waals surface area contributed by atoms with Crippen molar-refractivity contribution in [3.05, 3.63) is 0 Å². The number of rotatable bonds is 14. The first-order valence-corrected chi connectivity index (χ1v) is 8.68. The monoisotopic (exact) mass is 416 g/mol. The third-order valence-corrected chi connectivity index (χ3v) is 3.48. The standard InChI is InChI=1S/C15H28N8O6/c16-8(2-1-5-20-15(18)19)13(28)23-9(3-4-10(17)24)14(29)22-6-11(25)21-7-12(26)27/h8-9H,1-7,16H2,(H2,17,24)(H,21,25)(H,22,29)(H,23,28)(H,26,27)(H4,18,19,20). The quantitative estimate of drug-likeness (QED) is 0.0768. The van der Waals surface area contributed by atoms with Crippen molar-refractivity contribution in [1.29, 1.82) is 0 Å². The lowest BCUT2D eigenvalue weighted by Crippen LogP contribution is -2.53. The second kappa shape index (κ2) is 13.7. The molecule has 0 heterocycles. The summed E-state index contributed by atoms with van der Waals surface area (Å²) >= 11 is 0. The lowest BCUT2D eigenvalue weighted by Gasteiger charge is -2.20. The van der Waals surface area contributed by atoms with Crippen molar-refractivity contribution in [2.45, 2.75) is 37.8 Å². The molecule has 0 aromatic heterocycles. The third kappa shape index (κ3) is 13.4. The maximum atomic E-state index is 12.2. The molecule has 29 heavy (non-hydrogen) atoms. The Morgan fingerprint density at radius 1 is 0.931 bits per heavy atom. The summed E-state index contributed by atoms with van der Waals surface area (Å²) in [5.41, 5.74) is 21.2. The van der Waals surface area contributed by atoms with Gasteiger partial charge in [0.25, 0.3) is 0 Å². The first-order valence-electron chi connectivity index (χ1n) is 8.68. The normalized spacial score (nSPS) is 12.2. The van der Waals surface area contributed by atoms with E-state index in [0.29, 0.717) is 6.42 Å². The maximum absolute atomic E-state index is 12.2. The number of hydrogen-bond donors (Lipinski definition) is 8. The van der Waals surface area contributed by atoms with Crippen LogP contribution >= 0.6 is 0 Å². The molecule has 14 heteroatoms. The fraction of sp³-hybridized carbons (Fsp3) is 0.600. The minimum atomic E-state index is -1.25. The SMILES string of the molecule is NC(=O)CCC(NC(=O)C(N)CCCN=C(N)N)C(=O)NCC(=O)NCC(=O)O. The van der Waals surface area contributed by atoms with Crippen LogP contribution < -0.4 is 38.9 Å². The predicted octanol–water partition coefficient (Wildman–Crippen LogP) is -4.57. The highest BCUT2D eigenvalue weighted by Crippen LogP contribution is 2.01. The molecular formula is C15H28N8O6. The predicted molar refractivity (Wildman–Crippen MR) is 102 cm³/mol. The second-order valence-electron chi connectivity index (χ2n) is 6.01. The average Bonchev–Trinajstić information content (AvgIpc) is 2.63. The number of hydrogen-bond acceptors (Lipinski definition) is 7. The molecule has 0 aliphatic carbocycles. The van der Waals surface area contributed by atoms with E-state index in [9.17, 15) is 24.0 Å². The number of nitrogens with zero attached hydrogens (tertiary/aromatic N) is 1. The first-order chi connectivity index (χ1) is 13.5. The number of carbonyl (C=O) groups is 5. The Kier molecular flexibility index (Phi) is 12.1. The highest BCUT2D eigenvalue weighted by molar-refractivity contribution is 5.92. The Labute approximate surface area is 166 Å². The molecule has 0 saturated carbocycles. The minimum Gasteiger partial charge on any atom is -0.480 e. The van der Waals surface area contributed by atoms with Crippen LogP contribution in [0.25, 0.3) is 0 Å². The Balaban J connectivity index is 4.68. The molecule has 2 atom stereocenters. The topological polar surface area (TPSA) is 258 Å². The number of carboxylic acid groups (broad SMARTS) is 1. The van der Waals surface area contributed by atoms with Gasteiger partial charge >= 0.3 is 5.97 Å². The summed E-state index contributed by atoms with van der Waals surface area (Å²) in [7, 11) is 0. The van der Waals surface area contributed by atoms with Gasteiger partial charge in [0, 0.05) is 13.0 Å². The number of carboxylic acids is 1. The molecule has 0 saturated heterocycles. The number of aliphatic carboxylic acids is 1. The van der Waals surface area contributed by atoms with E-state index in [-0.39, 0.29) is 31.8 Å². The van der Waals surface area contributed by atoms with E-state index in [0.717, 1.165) is 0 Å². The smallest absolute Gasteiger partial charge is 0.322 e. The molecule has 0 aromatic rings. The van der Waals surface area contributed by atoms with Gasteiger partial charge in [-0.2, -0.15) is 0 Å². The Morgan fingerprint density at radius 3 is 2.14 bits per heavy atom. The zero-order valence-electron chi connectivity index (χ0n) is 15.8. The Bertz CT molecular complexity index is 634. The molecule has 0 bridgehead atoms. The van der Waals surface area contributed by atoms with Crippen molar-refractivity contribution in [2.75, 3.05) is 19.6 Å². The first kappa shape index (κ1) is 25.6. The second-order valence-corrected chi connectivity index (χ2v) is 6.01. The zero-order valence-corrected chi connectivity index (χ0v) is 15.8. The fourth-order valence-electron chi connectivity index (χ4n) is 2.01. The molecule has 14 nitrogen and oxygen atoms in total. The minimum absolute atomic E-state index is 0.0846. The van der Waals surface area contributed by atoms with Gasteiger partial charge in [-0.15, -0.1) is 0 Å². The number of guanidine groups is 1. The molecule has 0 radical (unpaired) electrons. The summed E-state index contributed by atoms with van der Waals surface area (Å²) in [5, 5.41) is 15.2. The van der Waals surface area contributed by atoms with Crippen molar-refractivity contribution in [1.82, 2.24) is 16.0 Å². The van der Waals surface area contributed by atoms with Crippen molar-refractivity contribution in [3.63, 3.8) is 0 Å². The van der Waals surface area contributed by atoms with E-state index in [1.807, 2.05) is 0 Å². The highest BCUT2D eigenvalue weighted by Gasteiger charge is 2.24. The van der Waals surface area contributed by atoms with Crippen LogP contribution in [0.15, 0.2) is 4.99 Å². The summed E-state index contributed by atoms with van der Waals surface area (Å²) in [6.45, 7) is -0.842.